The number of amides is 2. The van der Waals surface area contributed by atoms with Crippen molar-refractivity contribution in [1.29, 1.82) is 0 Å². The fourth-order valence-electron chi connectivity index (χ4n) is 4.15. The van der Waals surface area contributed by atoms with E-state index < -0.39 is 5.82 Å². The Kier molecular flexibility index (Phi) is 6.86. The number of carbonyl (C=O) groups is 2. The molecule has 3 heterocycles. The lowest BCUT2D eigenvalue weighted by Gasteiger charge is -2.41. The zero-order chi connectivity index (χ0) is 22.7. The second kappa shape index (κ2) is 9.79. The lowest BCUT2D eigenvalue weighted by Crippen LogP contribution is -2.58. The number of hydrogen-bond donors (Lipinski definition) is 0. The van der Waals surface area contributed by atoms with Gasteiger partial charge in [-0.3, -0.25) is 14.5 Å². The molecule has 4 rings (SSSR count). The van der Waals surface area contributed by atoms with Gasteiger partial charge in [0.15, 0.2) is 0 Å². The first-order valence-corrected chi connectivity index (χ1v) is 11.1. The van der Waals surface area contributed by atoms with E-state index in [1.54, 1.807) is 23.4 Å². The Labute approximate surface area is 191 Å². The quantitative estimate of drug-likeness (QED) is 0.692. The van der Waals surface area contributed by atoms with Crippen LogP contribution in [0.1, 0.15) is 17.3 Å². The molecule has 0 spiro atoms. The summed E-state index contributed by atoms with van der Waals surface area (Å²) in [6.45, 7) is 6.73. The smallest absolute Gasteiger partial charge is 0.255 e. The van der Waals surface area contributed by atoms with Crippen LogP contribution in [0.25, 0.3) is 0 Å². The molecule has 0 bridgehead atoms. The van der Waals surface area contributed by atoms with Gasteiger partial charge in [-0.15, -0.1) is 0 Å². The summed E-state index contributed by atoms with van der Waals surface area (Å²) in [5.74, 6) is 0.100. The third-order valence-electron chi connectivity index (χ3n) is 6.09. The first-order valence-electron chi connectivity index (χ1n) is 10.7. The number of anilines is 1. The minimum atomic E-state index is -0.471. The van der Waals surface area contributed by atoms with E-state index in [-0.39, 0.29) is 22.9 Å². The summed E-state index contributed by atoms with van der Waals surface area (Å²) in [6.07, 6.45) is 3.44. The second-order valence-corrected chi connectivity index (χ2v) is 8.40. The fourth-order valence-corrected chi connectivity index (χ4v) is 4.40. The molecule has 2 fully saturated rings. The van der Waals surface area contributed by atoms with E-state index in [4.69, 9.17) is 11.6 Å². The first kappa shape index (κ1) is 22.4. The molecule has 0 radical (unpaired) electrons. The van der Waals surface area contributed by atoms with Crippen LogP contribution in [0.2, 0.25) is 5.02 Å². The number of benzene rings is 1. The number of carbonyl (C=O) groups excluding carboxylic acids is 2. The van der Waals surface area contributed by atoms with Crippen molar-refractivity contribution < 1.29 is 14.0 Å². The van der Waals surface area contributed by atoms with Gasteiger partial charge in [-0.25, -0.2) is 14.4 Å². The maximum Gasteiger partial charge on any atom is 0.255 e. The molecule has 32 heavy (non-hydrogen) atoms. The molecule has 1 unspecified atom stereocenters. The SMILES string of the molecule is CC(C(=O)N1CCN(c2ncccn2)CC1)N1CCN(C(=O)c2ccc(F)cc2Cl)CC1. The van der Waals surface area contributed by atoms with Crippen LogP contribution in [0.3, 0.4) is 0 Å². The highest BCUT2D eigenvalue weighted by atomic mass is 35.5. The summed E-state index contributed by atoms with van der Waals surface area (Å²) < 4.78 is 13.3. The van der Waals surface area contributed by atoms with Crippen molar-refractivity contribution in [3.05, 3.63) is 53.1 Å². The highest BCUT2D eigenvalue weighted by Gasteiger charge is 2.32. The lowest BCUT2D eigenvalue weighted by molar-refractivity contribution is -0.137. The van der Waals surface area contributed by atoms with Crippen molar-refractivity contribution in [3.63, 3.8) is 0 Å². The monoisotopic (exact) mass is 460 g/mol. The molecular formula is C22H26ClFN6O2. The molecular weight excluding hydrogens is 435 g/mol. The van der Waals surface area contributed by atoms with Crippen LogP contribution >= 0.6 is 11.6 Å². The molecule has 2 amide bonds. The number of hydrogen-bond acceptors (Lipinski definition) is 6. The molecule has 2 aliphatic heterocycles. The molecule has 2 aromatic rings. The molecule has 10 heteroatoms. The number of halogens is 2. The van der Waals surface area contributed by atoms with Crippen LogP contribution < -0.4 is 4.90 Å². The number of aromatic nitrogens is 2. The number of nitrogens with zero attached hydrogens (tertiary/aromatic N) is 6. The predicted molar refractivity (Wildman–Crippen MR) is 119 cm³/mol. The minimum Gasteiger partial charge on any atom is -0.338 e. The maximum atomic E-state index is 13.3. The normalized spacial score (nSPS) is 18.5. The highest BCUT2D eigenvalue weighted by Crippen LogP contribution is 2.20. The van der Waals surface area contributed by atoms with Gasteiger partial charge in [0.2, 0.25) is 11.9 Å². The van der Waals surface area contributed by atoms with E-state index in [9.17, 15) is 14.0 Å². The standard InChI is InChI=1S/C22H26ClFN6O2/c1-16(20(31)28-11-13-30(14-12-28)22-25-5-2-6-26-22)27-7-9-29(10-8-27)21(32)18-4-3-17(24)15-19(18)23/h2-6,15-16H,7-14H2,1H3. The summed E-state index contributed by atoms with van der Waals surface area (Å²) in [5.41, 5.74) is 0.297. The van der Waals surface area contributed by atoms with Crippen molar-refractivity contribution >= 4 is 29.4 Å². The summed E-state index contributed by atoms with van der Waals surface area (Å²) in [5, 5.41) is 0.112. The Bertz CT molecular complexity index is 962. The molecule has 170 valence electrons. The van der Waals surface area contributed by atoms with Crippen LogP contribution in [-0.2, 0) is 4.79 Å². The zero-order valence-corrected chi connectivity index (χ0v) is 18.7. The molecule has 0 aliphatic carbocycles. The van der Waals surface area contributed by atoms with Crippen LogP contribution in [-0.4, -0.2) is 94.9 Å². The van der Waals surface area contributed by atoms with E-state index in [0.29, 0.717) is 63.9 Å². The average molecular weight is 461 g/mol. The van der Waals surface area contributed by atoms with Crippen LogP contribution in [0, 0.1) is 5.82 Å². The Morgan fingerprint density at radius 2 is 1.59 bits per heavy atom. The largest absolute Gasteiger partial charge is 0.338 e. The number of rotatable bonds is 4. The summed E-state index contributed by atoms with van der Waals surface area (Å²) >= 11 is 6.04. The van der Waals surface area contributed by atoms with Crippen LogP contribution in [0.4, 0.5) is 10.3 Å². The van der Waals surface area contributed by atoms with Gasteiger partial charge in [-0.2, -0.15) is 0 Å². The van der Waals surface area contributed by atoms with Crippen molar-refractivity contribution in [3.8, 4) is 0 Å². The van der Waals surface area contributed by atoms with Crippen LogP contribution in [0.5, 0.6) is 0 Å². The minimum absolute atomic E-state index is 0.0972. The van der Waals surface area contributed by atoms with Crippen molar-refractivity contribution in [2.75, 3.05) is 57.3 Å². The van der Waals surface area contributed by atoms with E-state index >= 15 is 0 Å². The Hall–Kier alpha value is -2.78. The van der Waals surface area contributed by atoms with E-state index in [2.05, 4.69) is 19.8 Å². The van der Waals surface area contributed by atoms with Crippen LogP contribution in [0.15, 0.2) is 36.7 Å². The summed E-state index contributed by atoms with van der Waals surface area (Å²) in [7, 11) is 0. The van der Waals surface area contributed by atoms with Gasteiger partial charge in [-0.05, 0) is 31.2 Å². The topological polar surface area (TPSA) is 72.9 Å². The Balaban J connectivity index is 1.28. The lowest BCUT2D eigenvalue weighted by atomic mass is 10.1. The van der Waals surface area contributed by atoms with E-state index in [1.165, 1.54) is 12.1 Å². The Morgan fingerprint density at radius 1 is 0.969 bits per heavy atom. The highest BCUT2D eigenvalue weighted by molar-refractivity contribution is 6.33. The van der Waals surface area contributed by atoms with Gasteiger partial charge < -0.3 is 14.7 Å². The van der Waals surface area contributed by atoms with Gasteiger partial charge in [0.1, 0.15) is 5.82 Å². The molecule has 1 atom stereocenters. The van der Waals surface area contributed by atoms with Crippen molar-refractivity contribution in [1.82, 2.24) is 24.7 Å². The van der Waals surface area contributed by atoms with E-state index in [0.717, 1.165) is 6.07 Å². The van der Waals surface area contributed by atoms with Gasteiger partial charge in [-0.1, -0.05) is 11.6 Å². The molecule has 2 saturated heterocycles. The van der Waals surface area contributed by atoms with Gasteiger partial charge in [0.05, 0.1) is 16.6 Å². The molecule has 1 aromatic heterocycles. The molecule has 2 aliphatic rings. The van der Waals surface area contributed by atoms with Crippen molar-refractivity contribution in [2.24, 2.45) is 0 Å². The summed E-state index contributed by atoms with van der Waals surface area (Å²) in [4.78, 5) is 42.1. The number of piperazine rings is 2. The third-order valence-corrected chi connectivity index (χ3v) is 6.41. The first-order chi connectivity index (χ1) is 15.4. The average Bonchev–Trinajstić information content (AvgIpc) is 2.83. The predicted octanol–water partition coefficient (Wildman–Crippen LogP) is 1.76. The second-order valence-electron chi connectivity index (χ2n) is 7.99. The molecule has 0 N–H and O–H groups in total. The van der Waals surface area contributed by atoms with Gasteiger partial charge in [0, 0.05) is 64.8 Å². The summed E-state index contributed by atoms with van der Waals surface area (Å²) in [6, 6.07) is 5.32. The van der Waals surface area contributed by atoms with Gasteiger partial charge in [0.25, 0.3) is 5.91 Å². The van der Waals surface area contributed by atoms with Gasteiger partial charge >= 0.3 is 0 Å². The van der Waals surface area contributed by atoms with E-state index in [1.807, 2.05) is 11.8 Å². The molecule has 1 aromatic carbocycles. The van der Waals surface area contributed by atoms with Crippen molar-refractivity contribution in [2.45, 2.75) is 13.0 Å². The maximum absolute atomic E-state index is 13.3. The fraction of sp³-hybridized carbons (Fsp3) is 0.455. The Morgan fingerprint density at radius 3 is 2.22 bits per heavy atom. The zero-order valence-electron chi connectivity index (χ0n) is 18.0. The third kappa shape index (κ3) is 4.83. The molecule has 8 nitrogen and oxygen atoms in total. The molecule has 0 saturated carbocycles.